The van der Waals surface area contributed by atoms with E-state index in [4.69, 9.17) is 5.11 Å². The Labute approximate surface area is 260 Å². The third-order valence-electron chi connectivity index (χ3n) is 8.71. The average molecular weight is 621 g/mol. The first-order chi connectivity index (χ1) is 21.5. The maximum Gasteiger partial charge on any atom is 0.348 e. The first kappa shape index (κ1) is 31.8. The van der Waals surface area contributed by atoms with E-state index in [9.17, 15) is 29.4 Å². The molecule has 0 unspecified atom stereocenters. The van der Waals surface area contributed by atoms with Crippen LogP contribution in [0.3, 0.4) is 0 Å². The summed E-state index contributed by atoms with van der Waals surface area (Å²) >= 11 is 0. The fourth-order valence-electron chi connectivity index (χ4n) is 6.09. The van der Waals surface area contributed by atoms with E-state index in [1.165, 1.54) is 10.6 Å². The number of phenolic OH excluding ortho intramolecular Hbond substituents is 2. The van der Waals surface area contributed by atoms with E-state index < -0.39 is 11.7 Å². The minimum atomic E-state index is -0.988. The van der Waals surface area contributed by atoms with Crippen molar-refractivity contribution in [2.24, 2.45) is 5.92 Å². The highest BCUT2D eigenvalue weighted by molar-refractivity contribution is 5.82. The predicted molar refractivity (Wildman–Crippen MR) is 165 cm³/mol. The highest BCUT2D eigenvalue weighted by atomic mass is 16.4. The molecule has 240 valence electrons. The van der Waals surface area contributed by atoms with E-state index in [0.29, 0.717) is 62.4 Å². The van der Waals surface area contributed by atoms with Crippen molar-refractivity contribution in [1.82, 2.24) is 29.5 Å². The molecule has 1 aromatic heterocycles. The average Bonchev–Trinajstić information content (AvgIpc) is 3.41. The molecule has 2 aliphatic heterocycles. The number of hydrogen-bond donors (Lipinski definition) is 4. The predicted octanol–water partition coefficient (Wildman–Crippen LogP) is 2.51. The van der Waals surface area contributed by atoms with Gasteiger partial charge in [-0.2, -0.15) is 5.10 Å². The quantitative estimate of drug-likeness (QED) is 0.280. The molecular formula is C32H40N6O7. The van der Waals surface area contributed by atoms with Crippen molar-refractivity contribution in [3.63, 3.8) is 0 Å². The van der Waals surface area contributed by atoms with E-state index in [1.807, 2.05) is 43.0 Å². The second-order valence-electron chi connectivity index (χ2n) is 12.1. The van der Waals surface area contributed by atoms with Crippen LogP contribution in [0.4, 0.5) is 0 Å². The van der Waals surface area contributed by atoms with Gasteiger partial charge in [-0.1, -0.05) is 26.0 Å². The summed E-state index contributed by atoms with van der Waals surface area (Å²) in [5.41, 5.74) is 2.14. The Bertz CT molecular complexity index is 1600. The summed E-state index contributed by atoms with van der Waals surface area (Å²) in [7, 11) is 0. The Morgan fingerprint density at radius 2 is 1.58 bits per heavy atom. The summed E-state index contributed by atoms with van der Waals surface area (Å²) in [4.78, 5) is 54.7. The molecule has 13 nitrogen and oxygen atoms in total. The summed E-state index contributed by atoms with van der Waals surface area (Å²) in [6.07, 6.45) is 1.00. The lowest BCUT2D eigenvalue weighted by molar-refractivity contribution is -0.143. The van der Waals surface area contributed by atoms with Gasteiger partial charge in [0, 0.05) is 64.2 Å². The van der Waals surface area contributed by atoms with Crippen LogP contribution in [0.1, 0.15) is 56.6 Å². The molecule has 2 amide bonds. The molecule has 0 atom stereocenters. The Hall–Kier alpha value is -4.65. The third-order valence-corrected chi connectivity index (χ3v) is 8.71. The molecule has 0 aliphatic carbocycles. The summed E-state index contributed by atoms with van der Waals surface area (Å²) in [5, 5.41) is 36.2. The second-order valence-corrected chi connectivity index (χ2v) is 12.1. The number of piperidine rings is 1. The second kappa shape index (κ2) is 13.6. The number of likely N-dealkylation sites (tertiary alicyclic amines) is 1. The Balaban J connectivity index is 1.16. The molecule has 2 saturated heterocycles. The van der Waals surface area contributed by atoms with E-state index >= 15 is 0 Å². The molecule has 45 heavy (non-hydrogen) atoms. The molecule has 0 saturated carbocycles. The lowest BCUT2D eigenvalue weighted by atomic mass is 9.94. The molecule has 3 aromatic rings. The van der Waals surface area contributed by atoms with Crippen LogP contribution >= 0.6 is 0 Å². The zero-order valence-corrected chi connectivity index (χ0v) is 25.6. The minimum absolute atomic E-state index is 0.00371. The number of carboxylic acids is 1. The Morgan fingerprint density at radius 1 is 0.911 bits per heavy atom. The molecule has 4 N–H and O–H groups in total. The number of aliphatic carboxylic acids is 1. The van der Waals surface area contributed by atoms with Crippen LogP contribution < -0.4 is 5.69 Å². The number of nitrogens with one attached hydrogen (secondary N) is 1. The number of hydrogen-bond acceptors (Lipinski definition) is 8. The zero-order valence-electron chi connectivity index (χ0n) is 25.6. The number of carbonyl (C=O) groups is 3. The number of nitrogens with zero attached hydrogens (tertiary/aromatic N) is 5. The number of carboxylic acid groups (broad SMARTS) is 1. The maximum atomic E-state index is 13.2. The number of aromatic amines is 1. The summed E-state index contributed by atoms with van der Waals surface area (Å²) in [6, 6.07) is 10.5. The summed E-state index contributed by atoms with van der Waals surface area (Å²) < 4.78 is 1.39. The molecule has 2 aliphatic rings. The SMILES string of the molecule is CC(C)c1cc(-c2n[nH]c(=O)n2-c2ccc(CN3CCN(C(=O)C4CCN(C(=O)CCC(=O)O)CC4)CC3)cc2)c(O)cc1O. The molecule has 2 fully saturated rings. The summed E-state index contributed by atoms with van der Waals surface area (Å²) in [6.45, 7) is 8.18. The normalized spacial score (nSPS) is 16.3. The highest BCUT2D eigenvalue weighted by Gasteiger charge is 2.32. The molecule has 2 aromatic carbocycles. The molecule has 13 heteroatoms. The van der Waals surface area contributed by atoms with Crippen LogP contribution in [0.25, 0.3) is 17.1 Å². The number of H-pyrrole nitrogens is 1. The maximum absolute atomic E-state index is 13.2. The van der Waals surface area contributed by atoms with Crippen LogP contribution in [0, 0.1) is 5.92 Å². The molecule has 0 bridgehead atoms. The van der Waals surface area contributed by atoms with Crippen molar-refractivity contribution in [3.8, 4) is 28.6 Å². The van der Waals surface area contributed by atoms with Gasteiger partial charge in [0.25, 0.3) is 0 Å². The number of amides is 2. The van der Waals surface area contributed by atoms with Crippen molar-refractivity contribution >= 4 is 17.8 Å². The van der Waals surface area contributed by atoms with Gasteiger partial charge in [0.05, 0.1) is 17.7 Å². The van der Waals surface area contributed by atoms with Gasteiger partial charge < -0.3 is 25.1 Å². The first-order valence-electron chi connectivity index (χ1n) is 15.4. The lowest BCUT2D eigenvalue weighted by Gasteiger charge is -2.38. The van der Waals surface area contributed by atoms with Gasteiger partial charge in [0.15, 0.2) is 5.82 Å². The lowest BCUT2D eigenvalue weighted by Crippen LogP contribution is -2.51. The molecular weight excluding hydrogens is 580 g/mol. The number of carbonyl (C=O) groups excluding carboxylic acids is 2. The van der Waals surface area contributed by atoms with Gasteiger partial charge in [-0.15, -0.1) is 0 Å². The van der Waals surface area contributed by atoms with Crippen molar-refractivity contribution in [3.05, 3.63) is 58.0 Å². The fraction of sp³-hybridized carbons (Fsp3) is 0.469. The number of rotatable bonds is 9. The Kier molecular flexibility index (Phi) is 9.57. The van der Waals surface area contributed by atoms with E-state index in [0.717, 1.165) is 18.7 Å². The molecule has 5 rings (SSSR count). The topological polar surface area (TPSA) is 172 Å². The molecule has 0 radical (unpaired) electrons. The largest absolute Gasteiger partial charge is 0.508 e. The number of piperazine rings is 1. The van der Waals surface area contributed by atoms with Gasteiger partial charge in [-0.05, 0) is 48.1 Å². The van der Waals surface area contributed by atoms with Crippen molar-refractivity contribution < 1.29 is 29.7 Å². The standard InChI is InChI=1S/C32H40N6O7/c1-20(2)24-17-25(27(40)18-26(24)39)30-33-34-32(45)38(30)23-5-3-21(4-6-23)19-35-13-15-37(16-14-35)31(44)22-9-11-36(12-10-22)28(41)7-8-29(42)43/h3-6,17-18,20,22,39-40H,7-16,19H2,1-2H3,(H,34,45)(H,42,43). The fourth-order valence-corrected chi connectivity index (χ4v) is 6.09. The number of aromatic hydroxyl groups is 2. The molecule has 3 heterocycles. The van der Waals surface area contributed by atoms with Crippen molar-refractivity contribution in [2.45, 2.75) is 52.0 Å². The minimum Gasteiger partial charge on any atom is -0.508 e. The van der Waals surface area contributed by atoms with Crippen LogP contribution in [0.15, 0.2) is 41.2 Å². The van der Waals surface area contributed by atoms with Crippen LogP contribution in [0.2, 0.25) is 0 Å². The smallest absolute Gasteiger partial charge is 0.348 e. The zero-order chi connectivity index (χ0) is 32.2. The summed E-state index contributed by atoms with van der Waals surface area (Å²) in [5.74, 6) is -1.12. The monoisotopic (exact) mass is 620 g/mol. The van der Waals surface area contributed by atoms with Gasteiger partial charge in [0.1, 0.15) is 11.5 Å². The van der Waals surface area contributed by atoms with Crippen molar-refractivity contribution in [1.29, 1.82) is 0 Å². The van der Waals surface area contributed by atoms with E-state index in [2.05, 4.69) is 15.1 Å². The van der Waals surface area contributed by atoms with Crippen LogP contribution in [0.5, 0.6) is 11.5 Å². The number of phenols is 2. The Morgan fingerprint density at radius 3 is 2.20 bits per heavy atom. The van der Waals surface area contributed by atoms with Crippen molar-refractivity contribution in [2.75, 3.05) is 39.3 Å². The van der Waals surface area contributed by atoms with Gasteiger partial charge in [-0.25, -0.2) is 14.5 Å². The van der Waals surface area contributed by atoms with E-state index in [1.54, 1.807) is 11.0 Å². The van der Waals surface area contributed by atoms with Gasteiger partial charge in [-0.3, -0.25) is 19.3 Å². The molecule has 0 spiro atoms. The number of benzene rings is 2. The highest BCUT2D eigenvalue weighted by Crippen LogP contribution is 2.37. The first-order valence-corrected chi connectivity index (χ1v) is 15.4. The van der Waals surface area contributed by atoms with E-state index in [-0.39, 0.29) is 53.8 Å². The third kappa shape index (κ3) is 7.19. The number of aromatic nitrogens is 3. The van der Waals surface area contributed by atoms with Crippen LogP contribution in [-0.4, -0.2) is 102 Å². The van der Waals surface area contributed by atoms with Gasteiger partial charge in [0.2, 0.25) is 11.8 Å². The van der Waals surface area contributed by atoms with Crippen LogP contribution in [-0.2, 0) is 20.9 Å². The van der Waals surface area contributed by atoms with Gasteiger partial charge >= 0.3 is 11.7 Å².